The first-order valence-electron chi connectivity index (χ1n) is 8.15. The second-order valence-electron chi connectivity index (χ2n) is 6.15. The summed E-state index contributed by atoms with van der Waals surface area (Å²) >= 11 is 0. The molecule has 5 heteroatoms. The predicted octanol–water partition coefficient (Wildman–Crippen LogP) is 2.45. The Kier molecular flexibility index (Phi) is 7.02. The molecule has 1 aromatic rings. The molecule has 0 aliphatic carbocycles. The molecule has 2 rings (SSSR count). The topological polar surface area (TPSA) is 60.3 Å². The molecule has 1 heterocycles. The van der Waals surface area contributed by atoms with Gasteiger partial charge in [-0.15, -0.1) is 0 Å². The Morgan fingerprint density at radius 3 is 2.57 bits per heavy atom. The highest BCUT2D eigenvalue weighted by Crippen LogP contribution is 2.34. The first-order chi connectivity index (χ1) is 11.2. The lowest BCUT2D eigenvalue weighted by molar-refractivity contribution is 0.0307. The fourth-order valence-corrected chi connectivity index (χ4v) is 2.89. The van der Waals surface area contributed by atoms with Crippen molar-refractivity contribution in [3.63, 3.8) is 0 Å². The minimum Gasteiger partial charge on any atom is -0.392 e. The molecule has 1 N–H and O–H groups in total. The fourth-order valence-electron chi connectivity index (χ4n) is 2.89. The zero-order valence-electron chi connectivity index (χ0n) is 14.1. The number of hydrogen-bond acceptors (Lipinski definition) is 5. The molecule has 0 saturated carbocycles. The third kappa shape index (κ3) is 4.53. The van der Waals surface area contributed by atoms with Crippen LogP contribution in [0.5, 0.6) is 0 Å². The van der Waals surface area contributed by atoms with Gasteiger partial charge in [0.1, 0.15) is 0 Å². The summed E-state index contributed by atoms with van der Waals surface area (Å²) < 4.78 is 10.8. The van der Waals surface area contributed by atoms with Crippen LogP contribution in [0.2, 0.25) is 0 Å². The van der Waals surface area contributed by atoms with Crippen LogP contribution < -0.4 is 0 Å². The largest absolute Gasteiger partial charge is 0.392 e. The Morgan fingerprint density at radius 1 is 1.22 bits per heavy atom. The van der Waals surface area contributed by atoms with Crippen molar-refractivity contribution < 1.29 is 19.4 Å². The molecule has 0 bridgehead atoms. The van der Waals surface area contributed by atoms with E-state index in [1.54, 1.807) is 7.11 Å². The van der Waals surface area contributed by atoms with Crippen LogP contribution >= 0.6 is 0 Å². The number of oxime groups is 1. The van der Waals surface area contributed by atoms with E-state index in [2.05, 4.69) is 31.1 Å². The molecule has 0 amide bonds. The molecule has 0 radical (unpaired) electrons. The molecule has 0 unspecified atom stereocenters. The van der Waals surface area contributed by atoms with Gasteiger partial charge in [-0.05, 0) is 11.5 Å². The Labute approximate surface area is 138 Å². The Hall–Kier alpha value is -1.43. The normalized spacial score (nSPS) is 22.0. The summed E-state index contributed by atoms with van der Waals surface area (Å²) in [5, 5.41) is 13.9. The second kappa shape index (κ2) is 9.01. The van der Waals surface area contributed by atoms with E-state index in [0.717, 1.165) is 11.3 Å². The number of hydrogen-bond donors (Lipinski definition) is 1. The summed E-state index contributed by atoms with van der Waals surface area (Å²) in [6.07, 6.45) is -0.326. The summed E-state index contributed by atoms with van der Waals surface area (Å²) in [5.74, 6) is 0.483. The van der Waals surface area contributed by atoms with Crippen molar-refractivity contribution in [1.82, 2.24) is 0 Å². The molecule has 0 saturated heterocycles. The first kappa shape index (κ1) is 17.9. The maximum Gasteiger partial charge on any atom is 0.162 e. The van der Waals surface area contributed by atoms with Gasteiger partial charge in [-0.2, -0.15) is 0 Å². The number of methoxy groups -OCH3 is 1. The van der Waals surface area contributed by atoms with Gasteiger partial charge in [0, 0.05) is 13.0 Å². The molecule has 0 fully saturated rings. The average Bonchev–Trinajstić information content (AvgIpc) is 2.99. The molecule has 0 aromatic heterocycles. The number of nitrogens with zero attached hydrogens (tertiary/aromatic N) is 1. The standard InChI is InChI=1S/C18H27NO4/c1-13(2)15(12-22-10-9-21-3)18-17(16(11-20)23-19-18)14-7-5-4-6-8-14/h4-8,13,15-17,20H,9-12H2,1-3H3/t15-,16+,17+/m0/s1. The van der Waals surface area contributed by atoms with Crippen LogP contribution in [0.3, 0.4) is 0 Å². The lowest BCUT2D eigenvalue weighted by Crippen LogP contribution is -2.33. The van der Waals surface area contributed by atoms with E-state index in [-0.39, 0.29) is 24.5 Å². The van der Waals surface area contributed by atoms with Crippen LogP contribution in [0, 0.1) is 11.8 Å². The summed E-state index contributed by atoms with van der Waals surface area (Å²) in [4.78, 5) is 5.50. The predicted molar refractivity (Wildman–Crippen MR) is 89.6 cm³/mol. The second-order valence-corrected chi connectivity index (χ2v) is 6.15. The number of benzene rings is 1. The maximum atomic E-state index is 9.64. The van der Waals surface area contributed by atoms with Gasteiger partial charge in [-0.1, -0.05) is 49.3 Å². The molecule has 0 spiro atoms. The van der Waals surface area contributed by atoms with E-state index < -0.39 is 0 Å². The summed E-state index contributed by atoms with van der Waals surface area (Å²) in [6, 6.07) is 10.1. The maximum absolute atomic E-state index is 9.64. The van der Waals surface area contributed by atoms with Gasteiger partial charge in [0.25, 0.3) is 0 Å². The van der Waals surface area contributed by atoms with Crippen LogP contribution in [0.25, 0.3) is 0 Å². The SMILES string of the molecule is COCCOC[C@H](C1=NO[C@H](CO)[C@H]1c1ccccc1)C(C)C. The van der Waals surface area contributed by atoms with Crippen LogP contribution in [0.15, 0.2) is 35.5 Å². The molecule has 3 atom stereocenters. The third-order valence-corrected chi connectivity index (χ3v) is 4.24. The third-order valence-electron chi connectivity index (χ3n) is 4.24. The molecule has 23 heavy (non-hydrogen) atoms. The number of rotatable bonds is 9. The molecular formula is C18H27NO4. The number of ether oxygens (including phenoxy) is 2. The molecular weight excluding hydrogens is 294 g/mol. The van der Waals surface area contributed by atoms with Gasteiger partial charge < -0.3 is 19.4 Å². The molecule has 1 aliphatic heterocycles. The Morgan fingerprint density at radius 2 is 1.96 bits per heavy atom. The number of aliphatic hydroxyl groups is 1. The average molecular weight is 321 g/mol. The van der Waals surface area contributed by atoms with E-state index in [1.807, 2.05) is 18.2 Å². The van der Waals surface area contributed by atoms with E-state index >= 15 is 0 Å². The van der Waals surface area contributed by atoms with E-state index in [9.17, 15) is 5.11 Å². The summed E-state index contributed by atoms with van der Waals surface area (Å²) in [6.45, 7) is 5.97. The van der Waals surface area contributed by atoms with E-state index in [4.69, 9.17) is 14.3 Å². The zero-order chi connectivity index (χ0) is 16.7. The van der Waals surface area contributed by atoms with Crippen LogP contribution in [-0.2, 0) is 14.3 Å². The summed E-state index contributed by atoms with van der Waals surface area (Å²) in [7, 11) is 1.66. The summed E-state index contributed by atoms with van der Waals surface area (Å²) in [5.41, 5.74) is 2.08. The Balaban J connectivity index is 2.15. The van der Waals surface area contributed by atoms with Crippen molar-refractivity contribution in [3.8, 4) is 0 Å². The van der Waals surface area contributed by atoms with Crippen molar-refractivity contribution >= 4 is 5.71 Å². The lowest BCUT2D eigenvalue weighted by Gasteiger charge is -2.25. The lowest BCUT2D eigenvalue weighted by atomic mass is 9.79. The molecule has 5 nitrogen and oxygen atoms in total. The molecule has 1 aliphatic rings. The van der Waals surface area contributed by atoms with Gasteiger partial charge >= 0.3 is 0 Å². The van der Waals surface area contributed by atoms with Gasteiger partial charge in [0.2, 0.25) is 0 Å². The van der Waals surface area contributed by atoms with Crippen molar-refractivity contribution in [2.24, 2.45) is 17.0 Å². The van der Waals surface area contributed by atoms with Crippen molar-refractivity contribution in [2.75, 3.05) is 33.5 Å². The molecule has 1 aromatic carbocycles. The van der Waals surface area contributed by atoms with Crippen LogP contribution in [0.1, 0.15) is 25.3 Å². The fraction of sp³-hybridized carbons (Fsp3) is 0.611. The minimum atomic E-state index is -0.326. The zero-order valence-corrected chi connectivity index (χ0v) is 14.1. The van der Waals surface area contributed by atoms with Crippen molar-refractivity contribution in [2.45, 2.75) is 25.9 Å². The van der Waals surface area contributed by atoms with Crippen molar-refractivity contribution in [1.29, 1.82) is 0 Å². The molecule has 128 valence electrons. The quantitative estimate of drug-likeness (QED) is 0.710. The van der Waals surface area contributed by atoms with E-state index in [1.165, 1.54) is 0 Å². The van der Waals surface area contributed by atoms with E-state index in [0.29, 0.717) is 25.7 Å². The minimum absolute atomic E-state index is 0.0281. The van der Waals surface area contributed by atoms with Crippen LogP contribution in [0.4, 0.5) is 0 Å². The van der Waals surface area contributed by atoms with Crippen molar-refractivity contribution in [3.05, 3.63) is 35.9 Å². The van der Waals surface area contributed by atoms with Gasteiger partial charge in [-0.3, -0.25) is 0 Å². The van der Waals surface area contributed by atoms with Gasteiger partial charge in [0.05, 0.1) is 38.1 Å². The smallest absolute Gasteiger partial charge is 0.162 e. The first-order valence-corrected chi connectivity index (χ1v) is 8.15. The number of aliphatic hydroxyl groups excluding tert-OH is 1. The highest BCUT2D eigenvalue weighted by molar-refractivity contribution is 5.94. The highest BCUT2D eigenvalue weighted by atomic mass is 16.7. The highest BCUT2D eigenvalue weighted by Gasteiger charge is 2.39. The van der Waals surface area contributed by atoms with Gasteiger partial charge in [-0.25, -0.2) is 0 Å². The van der Waals surface area contributed by atoms with Gasteiger partial charge in [0.15, 0.2) is 6.10 Å². The monoisotopic (exact) mass is 321 g/mol. The Bertz CT molecular complexity index is 489. The van der Waals surface area contributed by atoms with Crippen LogP contribution in [-0.4, -0.2) is 50.5 Å².